The van der Waals surface area contributed by atoms with E-state index in [4.69, 9.17) is 5.84 Å². The lowest BCUT2D eigenvalue weighted by atomic mass is 9.71. The molecule has 0 bridgehead atoms. The van der Waals surface area contributed by atoms with E-state index < -0.39 is 5.60 Å². The largest absolute Gasteiger partial charge is 0.389 e. The molecule has 1 aromatic heterocycles. The zero-order chi connectivity index (χ0) is 14.9. The summed E-state index contributed by atoms with van der Waals surface area (Å²) in [6, 6.07) is 1.88. The summed E-state index contributed by atoms with van der Waals surface area (Å²) in [5, 5.41) is 11.5. The van der Waals surface area contributed by atoms with Crippen molar-refractivity contribution in [1.29, 1.82) is 0 Å². The second kappa shape index (κ2) is 5.98. The molecule has 116 valence electrons. The quantitative estimate of drug-likeness (QED) is 0.338. The monoisotopic (exact) mass is 309 g/mol. The van der Waals surface area contributed by atoms with Crippen LogP contribution in [0, 0.1) is 5.92 Å². The van der Waals surface area contributed by atoms with Crippen LogP contribution in [0.4, 0.5) is 11.6 Å². The Balaban J connectivity index is 1.81. The average molecular weight is 309 g/mol. The normalized spacial score (nSPS) is 29.1. The molecule has 0 spiro atoms. The van der Waals surface area contributed by atoms with E-state index in [1.165, 1.54) is 18.2 Å². The summed E-state index contributed by atoms with van der Waals surface area (Å²) in [5.74, 6) is 7.37. The first-order chi connectivity index (χ1) is 10.1. The minimum absolute atomic E-state index is 0.349. The molecule has 4 N–H and O–H groups in total. The van der Waals surface area contributed by atoms with Crippen LogP contribution in [0.25, 0.3) is 0 Å². The first-order valence-corrected chi connectivity index (χ1v) is 8.74. The summed E-state index contributed by atoms with van der Waals surface area (Å²) in [6.45, 7) is 1.70. The molecule has 2 unspecified atom stereocenters. The number of hydrazine groups is 1. The van der Waals surface area contributed by atoms with Crippen molar-refractivity contribution in [2.75, 3.05) is 29.7 Å². The molecular weight excluding hydrogens is 286 g/mol. The second-order valence-electron chi connectivity index (χ2n) is 5.98. The predicted molar refractivity (Wildman–Crippen MR) is 85.4 cm³/mol. The molecule has 1 aromatic rings. The highest BCUT2D eigenvalue weighted by molar-refractivity contribution is 7.98. The molecule has 21 heavy (non-hydrogen) atoms. The molecule has 2 atom stereocenters. The fraction of sp³-hybridized carbons (Fsp3) is 0.714. The number of fused-ring (bicyclic) bond motifs is 1. The number of anilines is 2. The number of nitrogens with zero attached hydrogens (tertiary/aromatic N) is 3. The third-order valence-corrected chi connectivity index (χ3v) is 5.32. The molecule has 3 rings (SSSR count). The molecule has 2 aliphatic rings. The molecule has 1 aliphatic carbocycles. The fourth-order valence-electron chi connectivity index (χ4n) is 3.52. The number of hydrogen-bond acceptors (Lipinski definition) is 7. The summed E-state index contributed by atoms with van der Waals surface area (Å²) in [6.07, 6.45) is 7.20. The third kappa shape index (κ3) is 2.95. The van der Waals surface area contributed by atoms with Gasteiger partial charge in [-0.2, -0.15) is 0 Å². The Labute approximate surface area is 129 Å². The van der Waals surface area contributed by atoms with Crippen molar-refractivity contribution < 1.29 is 5.11 Å². The first-order valence-electron chi connectivity index (χ1n) is 7.51. The molecule has 0 amide bonds. The van der Waals surface area contributed by atoms with E-state index in [0.717, 1.165) is 44.6 Å². The zero-order valence-corrected chi connectivity index (χ0v) is 13.2. The van der Waals surface area contributed by atoms with Gasteiger partial charge in [0.05, 0.1) is 5.60 Å². The highest BCUT2D eigenvalue weighted by atomic mass is 32.2. The Bertz CT molecular complexity index is 492. The second-order valence-corrected chi connectivity index (χ2v) is 6.76. The Kier molecular flexibility index (Phi) is 4.24. The molecule has 6 nitrogen and oxygen atoms in total. The summed E-state index contributed by atoms with van der Waals surface area (Å²) in [4.78, 5) is 11.1. The smallest absolute Gasteiger partial charge is 0.191 e. The molecule has 7 heteroatoms. The van der Waals surface area contributed by atoms with Crippen molar-refractivity contribution in [3.05, 3.63) is 6.07 Å². The topological polar surface area (TPSA) is 87.3 Å². The molecule has 0 radical (unpaired) electrons. The Morgan fingerprint density at radius 3 is 3.05 bits per heavy atom. The fourth-order valence-corrected chi connectivity index (χ4v) is 3.89. The van der Waals surface area contributed by atoms with Crippen LogP contribution in [0.2, 0.25) is 0 Å². The van der Waals surface area contributed by atoms with Crippen LogP contribution in [0.1, 0.15) is 32.1 Å². The van der Waals surface area contributed by atoms with Crippen molar-refractivity contribution in [3.63, 3.8) is 0 Å². The van der Waals surface area contributed by atoms with Gasteiger partial charge in [0.2, 0.25) is 0 Å². The van der Waals surface area contributed by atoms with Gasteiger partial charge in [-0.1, -0.05) is 24.6 Å². The van der Waals surface area contributed by atoms with E-state index in [2.05, 4.69) is 20.3 Å². The lowest BCUT2D eigenvalue weighted by molar-refractivity contribution is -0.0613. The van der Waals surface area contributed by atoms with Crippen LogP contribution in [0.3, 0.4) is 0 Å². The van der Waals surface area contributed by atoms with Crippen molar-refractivity contribution >= 4 is 23.4 Å². The molecule has 1 saturated heterocycles. The maximum Gasteiger partial charge on any atom is 0.191 e. The van der Waals surface area contributed by atoms with Crippen molar-refractivity contribution in [3.8, 4) is 0 Å². The molecule has 1 saturated carbocycles. The lowest BCUT2D eigenvalue weighted by Crippen LogP contribution is -2.53. The Morgan fingerprint density at radius 1 is 1.43 bits per heavy atom. The highest BCUT2D eigenvalue weighted by Crippen LogP contribution is 2.40. The van der Waals surface area contributed by atoms with Crippen LogP contribution < -0.4 is 16.2 Å². The standard InChI is InChI=1S/C14H23N5OS/c1-21-13-16-11(18-15)8-12(17-13)19-7-6-14(20)5-3-2-4-10(14)9-19/h8,10,20H,2-7,9,15H2,1H3,(H,16,17,18). The van der Waals surface area contributed by atoms with Gasteiger partial charge in [-0.15, -0.1) is 0 Å². The number of hydrogen-bond donors (Lipinski definition) is 3. The van der Waals surface area contributed by atoms with Crippen LogP contribution in [-0.4, -0.2) is 40.0 Å². The Morgan fingerprint density at radius 2 is 2.29 bits per heavy atom. The van der Waals surface area contributed by atoms with E-state index >= 15 is 0 Å². The third-order valence-electron chi connectivity index (χ3n) is 4.77. The van der Waals surface area contributed by atoms with Gasteiger partial charge in [0.1, 0.15) is 11.6 Å². The molecule has 1 aliphatic heterocycles. The maximum absolute atomic E-state index is 10.8. The minimum atomic E-state index is -0.459. The number of aromatic nitrogens is 2. The molecular formula is C14H23N5OS. The van der Waals surface area contributed by atoms with E-state index in [1.54, 1.807) is 0 Å². The average Bonchev–Trinajstić information content (AvgIpc) is 2.53. The highest BCUT2D eigenvalue weighted by Gasteiger charge is 2.43. The number of nitrogen functional groups attached to an aromatic ring is 1. The molecule has 0 aromatic carbocycles. The summed E-state index contributed by atoms with van der Waals surface area (Å²) >= 11 is 1.50. The van der Waals surface area contributed by atoms with Crippen LogP contribution in [0.5, 0.6) is 0 Å². The van der Waals surface area contributed by atoms with Crippen molar-refractivity contribution in [2.45, 2.75) is 42.9 Å². The molecule has 2 heterocycles. The van der Waals surface area contributed by atoms with E-state index in [0.29, 0.717) is 16.9 Å². The van der Waals surface area contributed by atoms with Gasteiger partial charge in [-0.25, -0.2) is 15.8 Å². The van der Waals surface area contributed by atoms with Gasteiger partial charge in [0, 0.05) is 25.1 Å². The maximum atomic E-state index is 10.8. The van der Waals surface area contributed by atoms with E-state index in [1.807, 2.05) is 12.3 Å². The van der Waals surface area contributed by atoms with Crippen LogP contribution in [0.15, 0.2) is 11.2 Å². The van der Waals surface area contributed by atoms with Gasteiger partial charge < -0.3 is 15.4 Å². The summed E-state index contributed by atoms with van der Waals surface area (Å²) in [5.41, 5.74) is 2.15. The van der Waals surface area contributed by atoms with Crippen LogP contribution in [-0.2, 0) is 0 Å². The number of piperidine rings is 1. The minimum Gasteiger partial charge on any atom is -0.389 e. The zero-order valence-electron chi connectivity index (χ0n) is 12.4. The predicted octanol–water partition coefficient (Wildman–Crippen LogP) is 1.62. The SMILES string of the molecule is CSc1nc(NN)cc(N2CCC3(O)CCCCC3C2)n1. The summed E-state index contributed by atoms with van der Waals surface area (Å²) in [7, 11) is 0. The number of thioether (sulfide) groups is 1. The van der Waals surface area contributed by atoms with E-state index in [9.17, 15) is 5.11 Å². The number of nitrogens with two attached hydrogens (primary N) is 1. The van der Waals surface area contributed by atoms with Gasteiger partial charge in [0.25, 0.3) is 0 Å². The summed E-state index contributed by atoms with van der Waals surface area (Å²) < 4.78 is 0. The first kappa shape index (κ1) is 14.9. The number of rotatable bonds is 3. The number of aliphatic hydroxyl groups is 1. The van der Waals surface area contributed by atoms with E-state index in [-0.39, 0.29) is 0 Å². The van der Waals surface area contributed by atoms with Gasteiger partial charge in [0.15, 0.2) is 5.16 Å². The van der Waals surface area contributed by atoms with Crippen LogP contribution >= 0.6 is 11.8 Å². The number of nitrogens with one attached hydrogen (secondary N) is 1. The Hall–Kier alpha value is -1.05. The lowest BCUT2D eigenvalue weighted by Gasteiger charge is -2.47. The van der Waals surface area contributed by atoms with Gasteiger partial charge in [-0.3, -0.25) is 0 Å². The molecule has 2 fully saturated rings. The van der Waals surface area contributed by atoms with Crippen molar-refractivity contribution in [1.82, 2.24) is 9.97 Å². The van der Waals surface area contributed by atoms with Gasteiger partial charge in [-0.05, 0) is 25.5 Å². The van der Waals surface area contributed by atoms with Gasteiger partial charge >= 0.3 is 0 Å². The van der Waals surface area contributed by atoms with Crippen molar-refractivity contribution in [2.24, 2.45) is 11.8 Å².